The second-order valence-electron chi connectivity index (χ2n) is 2.80. The van der Waals surface area contributed by atoms with Crippen LogP contribution < -0.4 is 0 Å². The van der Waals surface area contributed by atoms with Gasteiger partial charge in [0, 0.05) is 5.56 Å². The lowest BCUT2D eigenvalue weighted by Crippen LogP contribution is -2.01. The average molecular weight is 214 g/mol. The van der Waals surface area contributed by atoms with Gasteiger partial charge >= 0.3 is 5.97 Å². The number of phenolic OH excluding ortho intramolecular Hbond substituents is 1. The van der Waals surface area contributed by atoms with Crippen molar-refractivity contribution in [3.63, 3.8) is 0 Å². The van der Waals surface area contributed by atoms with Gasteiger partial charge in [0.2, 0.25) is 0 Å². The summed E-state index contributed by atoms with van der Waals surface area (Å²) in [6, 6.07) is 2.18. The molecule has 0 aliphatic rings. The van der Waals surface area contributed by atoms with Crippen molar-refractivity contribution in [2.24, 2.45) is 0 Å². The number of rotatable bonds is 2. The van der Waals surface area contributed by atoms with Crippen molar-refractivity contribution in [3.8, 4) is 5.75 Å². The lowest BCUT2D eigenvalue weighted by molar-refractivity contribution is -0.136. The quantitative estimate of drug-likeness (QED) is 0.795. The first-order chi connectivity index (χ1) is 7.00. The van der Waals surface area contributed by atoms with Crippen molar-refractivity contribution in [3.05, 3.63) is 29.1 Å². The normalized spacial score (nSPS) is 9.07. The molecule has 84 valence electrons. The first kappa shape index (κ1) is 13.4. The van der Waals surface area contributed by atoms with Gasteiger partial charge < -0.3 is 10.2 Å². The topological polar surface area (TPSA) is 57.5 Å². The van der Waals surface area contributed by atoms with E-state index in [1.54, 1.807) is 0 Å². The molecule has 0 spiro atoms. The molecule has 15 heavy (non-hydrogen) atoms. The molecule has 0 unspecified atom stereocenters. The zero-order valence-electron chi connectivity index (χ0n) is 9.04. The number of carbonyl (C=O) groups is 1. The van der Waals surface area contributed by atoms with E-state index in [0.29, 0.717) is 5.56 Å². The van der Waals surface area contributed by atoms with Gasteiger partial charge in [-0.2, -0.15) is 0 Å². The fourth-order valence-electron chi connectivity index (χ4n) is 1.10. The molecule has 0 aliphatic heterocycles. The van der Waals surface area contributed by atoms with Crippen LogP contribution in [0.15, 0.2) is 12.1 Å². The van der Waals surface area contributed by atoms with Gasteiger partial charge in [-0.25, -0.2) is 4.39 Å². The first-order valence-corrected chi connectivity index (χ1v) is 4.70. The Bertz CT molecular complexity index is 348. The summed E-state index contributed by atoms with van der Waals surface area (Å²) in [5.41, 5.74) is 0.446. The Morgan fingerprint density at radius 3 is 2.40 bits per heavy atom. The molecule has 0 fully saturated rings. The summed E-state index contributed by atoms with van der Waals surface area (Å²) in [7, 11) is 0. The van der Waals surface area contributed by atoms with E-state index in [2.05, 4.69) is 0 Å². The molecule has 4 heteroatoms. The van der Waals surface area contributed by atoms with E-state index in [-0.39, 0.29) is 17.7 Å². The van der Waals surface area contributed by atoms with Gasteiger partial charge in [-0.15, -0.1) is 0 Å². The summed E-state index contributed by atoms with van der Waals surface area (Å²) in [6.45, 7) is 5.52. The highest BCUT2D eigenvalue weighted by molar-refractivity contribution is 5.71. The van der Waals surface area contributed by atoms with Crippen LogP contribution in [0, 0.1) is 12.7 Å². The Hall–Kier alpha value is -1.58. The third-order valence-corrected chi connectivity index (χ3v) is 1.69. The van der Waals surface area contributed by atoms with E-state index in [4.69, 9.17) is 5.11 Å². The lowest BCUT2D eigenvalue weighted by Gasteiger charge is -2.04. The largest absolute Gasteiger partial charge is 0.507 e. The van der Waals surface area contributed by atoms with Crippen LogP contribution in [0.5, 0.6) is 5.75 Å². The molecular formula is C11H15FO3. The Morgan fingerprint density at radius 2 is 1.93 bits per heavy atom. The van der Waals surface area contributed by atoms with E-state index in [0.717, 1.165) is 12.1 Å². The number of benzene rings is 1. The molecule has 0 heterocycles. The number of aromatic hydroxyl groups is 1. The summed E-state index contributed by atoms with van der Waals surface area (Å²) < 4.78 is 12.8. The van der Waals surface area contributed by atoms with Crippen LogP contribution in [0.2, 0.25) is 0 Å². The zero-order chi connectivity index (χ0) is 12.0. The maximum atomic E-state index is 12.8. The van der Waals surface area contributed by atoms with E-state index < -0.39 is 11.8 Å². The van der Waals surface area contributed by atoms with Crippen LogP contribution >= 0.6 is 0 Å². The fourth-order valence-corrected chi connectivity index (χ4v) is 1.10. The van der Waals surface area contributed by atoms with Gasteiger partial charge in [-0.3, -0.25) is 4.79 Å². The Labute approximate surface area is 88.2 Å². The third kappa shape index (κ3) is 3.97. The Balaban J connectivity index is 0.000000921. The number of carboxylic acids is 1. The van der Waals surface area contributed by atoms with Crippen LogP contribution in [0.3, 0.4) is 0 Å². The number of carboxylic acid groups (broad SMARTS) is 1. The molecule has 0 bridgehead atoms. The second kappa shape index (κ2) is 6.01. The van der Waals surface area contributed by atoms with Gasteiger partial charge in [-0.1, -0.05) is 13.8 Å². The van der Waals surface area contributed by atoms with E-state index in [1.807, 2.05) is 13.8 Å². The molecule has 0 atom stereocenters. The van der Waals surface area contributed by atoms with Crippen molar-refractivity contribution < 1.29 is 19.4 Å². The Kier molecular flexibility index (Phi) is 5.37. The van der Waals surface area contributed by atoms with Crippen molar-refractivity contribution in [2.75, 3.05) is 0 Å². The molecule has 1 rings (SSSR count). The van der Waals surface area contributed by atoms with Gasteiger partial charge in [-0.05, 0) is 24.6 Å². The molecule has 0 radical (unpaired) electrons. The maximum absolute atomic E-state index is 12.8. The number of hydrogen-bond acceptors (Lipinski definition) is 2. The molecule has 1 aromatic carbocycles. The van der Waals surface area contributed by atoms with Gasteiger partial charge in [0.15, 0.2) is 0 Å². The minimum Gasteiger partial charge on any atom is -0.507 e. The van der Waals surface area contributed by atoms with Crippen molar-refractivity contribution >= 4 is 5.97 Å². The molecule has 0 aromatic heterocycles. The summed E-state index contributed by atoms with van der Waals surface area (Å²) in [5.74, 6) is -1.78. The maximum Gasteiger partial charge on any atom is 0.307 e. The third-order valence-electron chi connectivity index (χ3n) is 1.69. The van der Waals surface area contributed by atoms with Crippen LogP contribution in [0.1, 0.15) is 25.0 Å². The van der Waals surface area contributed by atoms with Crippen LogP contribution in [-0.2, 0) is 11.2 Å². The van der Waals surface area contributed by atoms with Crippen molar-refractivity contribution in [2.45, 2.75) is 27.2 Å². The molecule has 3 nitrogen and oxygen atoms in total. The number of halogens is 1. The fraction of sp³-hybridized carbons (Fsp3) is 0.364. The highest BCUT2D eigenvalue weighted by Gasteiger charge is 2.09. The monoisotopic (exact) mass is 214 g/mol. The molecule has 0 saturated carbocycles. The van der Waals surface area contributed by atoms with Crippen LogP contribution in [0.25, 0.3) is 0 Å². The number of aryl methyl sites for hydroxylation is 1. The number of phenols is 1. The number of aliphatic carboxylic acids is 1. The zero-order valence-corrected chi connectivity index (χ0v) is 9.04. The molecular weight excluding hydrogens is 199 g/mol. The van der Waals surface area contributed by atoms with Gasteiger partial charge in [0.1, 0.15) is 11.6 Å². The standard InChI is InChI=1S/C9H9FO3.C2H6/c1-5-2-7(10)3-6(9(5)13)4-8(11)12;1-2/h2-3,13H,4H2,1H3,(H,11,12);1-2H3. The van der Waals surface area contributed by atoms with E-state index in [1.165, 1.54) is 6.92 Å². The van der Waals surface area contributed by atoms with Gasteiger partial charge in [0.25, 0.3) is 0 Å². The van der Waals surface area contributed by atoms with E-state index >= 15 is 0 Å². The van der Waals surface area contributed by atoms with Crippen LogP contribution in [-0.4, -0.2) is 16.2 Å². The summed E-state index contributed by atoms with van der Waals surface area (Å²) in [5, 5.41) is 17.8. The van der Waals surface area contributed by atoms with E-state index in [9.17, 15) is 14.3 Å². The molecule has 0 amide bonds. The highest BCUT2D eigenvalue weighted by atomic mass is 19.1. The predicted octanol–water partition coefficient (Wildman–Crippen LogP) is 2.49. The summed E-state index contributed by atoms with van der Waals surface area (Å²) >= 11 is 0. The summed E-state index contributed by atoms with van der Waals surface area (Å²) in [6.07, 6.45) is -0.371. The van der Waals surface area contributed by atoms with Crippen LogP contribution in [0.4, 0.5) is 4.39 Å². The molecule has 2 N–H and O–H groups in total. The first-order valence-electron chi connectivity index (χ1n) is 4.70. The SMILES string of the molecule is CC.Cc1cc(F)cc(CC(=O)O)c1O. The average Bonchev–Trinajstić information content (AvgIpc) is 2.16. The smallest absolute Gasteiger partial charge is 0.307 e. The lowest BCUT2D eigenvalue weighted by atomic mass is 10.1. The summed E-state index contributed by atoms with van der Waals surface area (Å²) in [4.78, 5) is 10.3. The van der Waals surface area contributed by atoms with Crippen molar-refractivity contribution in [1.29, 1.82) is 0 Å². The number of hydrogen-bond donors (Lipinski definition) is 2. The van der Waals surface area contributed by atoms with Gasteiger partial charge in [0.05, 0.1) is 6.42 Å². The minimum absolute atomic E-state index is 0.102. The van der Waals surface area contributed by atoms with Crippen molar-refractivity contribution in [1.82, 2.24) is 0 Å². The minimum atomic E-state index is -1.10. The Morgan fingerprint density at radius 1 is 1.40 bits per heavy atom. The predicted molar refractivity (Wildman–Crippen MR) is 55.5 cm³/mol. The molecule has 1 aromatic rings. The molecule has 0 saturated heterocycles. The second-order valence-corrected chi connectivity index (χ2v) is 2.80. The highest BCUT2D eigenvalue weighted by Crippen LogP contribution is 2.23. The molecule has 0 aliphatic carbocycles.